The van der Waals surface area contributed by atoms with Crippen molar-refractivity contribution < 1.29 is 9.90 Å². The van der Waals surface area contributed by atoms with Crippen LogP contribution in [0, 0.1) is 0 Å². The van der Waals surface area contributed by atoms with Crippen LogP contribution in [-0.4, -0.2) is 11.1 Å². The number of rotatable bonds is 4. The molecule has 0 fully saturated rings. The molecule has 0 saturated heterocycles. The molecule has 0 saturated carbocycles. The number of carbonyl (C=O) groups is 1. The molecular formula is C10H12O2S. The fourth-order valence-corrected chi connectivity index (χ4v) is 1.80. The van der Waals surface area contributed by atoms with Crippen molar-refractivity contribution in [2.75, 3.05) is 0 Å². The number of hydrogen-bond acceptors (Lipinski definition) is 2. The summed E-state index contributed by atoms with van der Waals surface area (Å²) in [5.41, 5.74) is 2.26. The van der Waals surface area contributed by atoms with Gasteiger partial charge in [0.05, 0.1) is 6.42 Å². The molecule has 2 nitrogen and oxygen atoms in total. The summed E-state index contributed by atoms with van der Waals surface area (Å²) < 4.78 is 0. The zero-order chi connectivity index (χ0) is 9.68. The monoisotopic (exact) mass is 196 g/mol. The van der Waals surface area contributed by atoms with Gasteiger partial charge >= 0.3 is 5.97 Å². The summed E-state index contributed by atoms with van der Waals surface area (Å²) in [5.74, 6) is -0.777. The highest BCUT2D eigenvalue weighted by molar-refractivity contribution is 7.08. The molecule has 70 valence electrons. The van der Waals surface area contributed by atoms with Crippen molar-refractivity contribution in [2.24, 2.45) is 0 Å². The second-order valence-corrected chi connectivity index (χ2v) is 3.47. The Morgan fingerprint density at radius 2 is 2.46 bits per heavy atom. The lowest BCUT2D eigenvalue weighted by Gasteiger charge is -1.99. The van der Waals surface area contributed by atoms with Gasteiger partial charge < -0.3 is 5.11 Å². The lowest BCUT2D eigenvalue weighted by molar-refractivity contribution is -0.135. The first-order valence-corrected chi connectivity index (χ1v) is 5.11. The Hall–Kier alpha value is -1.09. The van der Waals surface area contributed by atoms with E-state index in [0.717, 1.165) is 17.6 Å². The van der Waals surface area contributed by atoms with E-state index >= 15 is 0 Å². The average Bonchev–Trinajstić information content (AvgIpc) is 2.58. The minimum absolute atomic E-state index is 0.110. The SMILES string of the molecule is CC/C(=C\CC(=O)O)c1ccsc1. The Labute approximate surface area is 81.5 Å². The van der Waals surface area contributed by atoms with Crippen molar-refractivity contribution in [3.63, 3.8) is 0 Å². The molecule has 1 aromatic heterocycles. The van der Waals surface area contributed by atoms with Crippen LogP contribution < -0.4 is 0 Å². The molecular weight excluding hydrogens is 184 g/mol. The van der Waals surface area contributed by atoms with Crippen LogP contribution in [-0.2, 0) is 4.79 Å². The third-order valence-corrected chi connectivity index (χ3v) is 2.48. The van der Waals surface area contributed by atoms with Gasteiger partial charge in [0, 0.05) is 0 Å². The molecule has 0 unspecified atom stereocenters. The average molecular weight is 196 g/mol. The Morgan fingerprint density at radius 3 is 2.92 bits per heavy atom. The van der Waals surface area contributed by atoms with Crippen LogP contribution in [0.1, 0.15) is 25.3 Å². The Kier molecular flexibility index (Phi) is 3.71. The summed E-state index contributed by atoms with van der Waals surface area (Å²) in [6, 6.07) is 2.02. The molecule has 0 aliphatic carbocycles. The highest BCUT2D eigenvalue weighted by Gasteiger charge is 2.00. The molecule has 0 atom stereocenters. The number of carboxylic acids is 1. The van der Waals surface area contributed by atoms with Crippen LogP contribution in [0.25, 0.3) is 5.57 Å². The van der Waals surface area contributed by atoms with Gasteiger partial charge in [-0.2, -0.15) is 11.3 Å². The fourth-order valence-electron chi connectivity index (χ4n) is 1.12. The van der Waals surface area contributed by atoms with Crippen molar-refractivity contribution in [2.45, 2.75) is 19.8 Å². The van der Waals surface area contributed by atoms with E-state index in [4.69, 9.17) is 5.11 Å². The van der Waals surface area contributed by atoms with Crippen molar-refractivity contribution in [1.82, 2.24) is 0 Å². The topological polar surface area (TPSA) is 37.3 Å². The molecule has 0 spiro atoms. The number of thiophene rings is 1. The smallest absolute Gasteiger partial charge is 0.307 e. The Balaban J connectivity index is 2.73. The lowest BCUT2D eigenvalue weighted by Crippen LogP contribution is -1.91. The lowest BCUT2D eigenvalue weighted by atomic mass is 10.1. The van der Waals surface area contributed by atoms with E-state index in [1.165, 1.54) is 0 Å². The first-order valence-electron chi connectivity index (χ1n) is 4.17. The van der Waals surface area contributed by atoms with E-state index in [0.29, 0.717) is 0 Å². The van der Waals surface area contributed by atoms with Gasteiger partial charge in [-0.15, -0.1) is 0 Å². The second-order valence-electron chi connectivity index (χ2n) is 2.69. The number of allylic oxidation sites excluding steroid dienone is 1. The van der Waals surface area contributed by atoms with Gasteiger partial charge in [0.15, 0.2) is 0 Å². The highest BCUT2D eigenvalue weighted by Crippen LogP contribution is 2.20. The van der Waals surface area contributed by atoms with Crippen LogP contribution in [0.3, 0.4) is 0 Å². The summed E-state index contributed by atoms with van der Waals surface area (Å²) in [4.78, 5) is 10.3. The normalized spacial score (nSPS) is 11.6. The third kappa shape index (κ3) is 3.03. The second kappa shape index (κ2) is 4.82. The Morgan fingerprint density at radius 1 is 1.69 bits per heavy atom. The number of aliphatic carboxylic acids is 1. The van der Waals surface area contributed by atoms with Gasteiger partial charge in [-0.05, 0) is 34.4 Å². The van der Waals surface area contributed by atoms with E-state index in [-0.39, 0.29) is 6.42 Å². The zero-order valence-corrected chi connectivity index (χ0v) is 8.30. The molecule has 1 aromatic rings. The maximum atomic E-state index is 10.3. The van der Waals surface area contributed by atoms with Crippen LogP contribution in [0.4, 0.5) is 0 Å². The van der Waals surface area contributed by atoms with E-state index in [2.05, 4.69) is 0 Å². The maximum absolute atomic E-state index is 10.3. The first kappa shape index (κ1) is 9.99. The molecule has 0 aromatic carbocycles. The van der Waals surface area contributed by atoms with Crippen molar-refractivity contribution in [3.05, 3.63) is 28.5 Å². The Bertz CT molecular complexity index is 299. The molecule has 3 heteroatoms. The summed E-state index contributed by atoms with van der Waals surface area (Å²) in [6.07, 6.45) is 2.77. The van der Waals surface area contributed by atoms with Crippen LogP contribution in [0.15, 0.2) is 22.9 Å². The standard InChI is InChI=1S/C10H12O2S/c1-2-8(3-4-10(11)12)9-5-6-13-7-9/h3,5-7H,2,4H2,1H3,(H,11,12)/b8-3+. The molecule has 0 amide bonds. The van der Waals surface area contributed by atoms with Crippen molar-refractivity contribution in [3.8, 4) is 0 Å². The molecule has 13 heavy (non-hydrogen) atoms. The quantitative estimate of drug-likeness (QED) is 0.803. The van der Waals surface area contributed by atoms with Crippen LogP contribution in [0.2, 0.25) is 0 Å². The van der Waals surface area contributed by atoms with Gasteiger partial charge in [-0.25, -0.2) is 0 Å². The summed E-state index contributed by atoms with van der Waals surface area (Å²) in [7, 11) is 0. The predicted molar refractivity (Wildman–Crippen MR) is 54.8 cm³/mol. The summed E-state index contributed by atoms with van der Waals surface area (Å²) in [6.45, 7) is 2.03. The number of hydrogen-bond donors (Lipinski definition) is 1. The molecule has 0 aliphatic heterocycles. The molecule has 0 bridgehead atoms. The molecule has 1 heterocycles. The predicted octanol–water partition coefficient (Wildman–Crippen LogP) is 3.02. The fraction of sp³-hybridized carbons (Fsp3) is 0.300. The maximum Gasteiger partial charge on any atom is 0.307 e. The van der Waals surface area contributed by atoms with E-state index in [1.807, 2.05) is 23.8 Å². The first-order chi connectivity index (χ1) is 6.24. The summed E-state index contributed by atoms with van der Waals surface area (Å²) in [5, 5.41) is 12.6. The minimum atomic E-state index is -0.777. The number of carboxylic acid groups (broad SMARTS) is 1. The van der Waals surface area contributed by atoms with Gasteiger partial charge in [-0.1, -0.05) is 13.0 Å². The van der Waals surface area contributed by atoms with Gasteiger partial charge in [0.1, 0.15) is 0 Å². The highest BCUT2D eigenvalue weighted by atomic mass is 32.1. The van der Waals surface area contributed by atoms with Gasteiger partial charge in [0.2, 0.25) is 0 Å². The minimum Gasteiger partial charge on any atom is -0.481 e. The van der Waals surface area contributed by atoms with Crippen molar-refractivity contribution in [1.29, 1.82) is 0 Å². The summed E-state index contributed by atoms with van der Waals surface area (Å²) >= 11 is 1.63. The van der Waals surface area contributed by atoms with Gasteiger partial charge in [0.25, 0.3) is 0 Å². The van der Waals surface area contributed by atoms with Crippen LogP contribution in [0.5, 0.6) is 0 Å². The molecule has 0 aliphatic rings. The van der Waals surface area contributed by atoms with Crippen molar-refractivity contribution >= 4 is 22.9 Å². The van der Waals surface area contributed by atoms with Crippen LogP contribution >= 0.6 is 11.3 Å². The molecule has 1 N–H and O–H groups in total. The largest absolute Gasteiger partial charge is 0.481 e. The molecule has 0 radical (unpaired) electrons. The van der Waals surface area contributed by atoms with E-state index in [9.17, 15) is 4.79 Å². The van der Waals surface area contributed by atoms with Gasteiger partial charge in [-0.3, -0.25) is 4.79 Å². The third-order valence-electron chi connectivity index (χ3n) is 1.80. The van der Waals surface area contributed by atoms with E-state index in [1.54, 1.807) is 17.4 Å². The molecule has 1 rings (SSSR count). The van der Waals surface area contributed by atoms with E-state index < -0.39 is 5.97 Å². The zero-order valence-electron chi connectivity index (χ0n) is 7.49.